The lowest BCUT2D eigenvalue weighted by Gasteiger charge is -2.46. The summed E-state index contributed by atoms with van der Waals surface area (Å²) in [6.07, 6.45) is 11.4. The highest BCUT2D eigenvalue weighted by molar-refractivity contribution is 5.31. The molecule has 1 heterocycles. The largest absolute Gasteiger partial charge is 0.498 e. The van der Waals surface area contributed by atoms with Gasteiger partial charge in [0.05, 0.1) is 18.9 Å². The summed E-state index contributed by atoms with van der Waals surface area (Å²) in [5.74, 6) is 8.50. The lowest BCUT2D eigenvalue weighted by Crippen LogP contribution is -2.59. The van der Waals surface area contributed by atoms with Crippen molar-refractivity contribution in [3.8, 4) is 0 Å². The van der Waals surface area contributed by atoms with Crippen molar-refractivity contribution in [2.75, 3.05) is 47.4 Å². The SMILES string of the molecule is C=C(/C(=C/C=C(\C)OCCC)CC)N1CCC(CN(N)/C(=C\CC)N(C)C)(NC)CC1.CC.CC. The van der Waals surface area contributed by atoms with Gasteiger partial charge in [0.15, 0.2) is 0 Å². The zero-order valence-corrected chi connectivity index (χ0v) is 25.1. The molecule has 0 aromatic rings. The molecule has 1 aliphatic heterocycles. The number of rotatable bonds is 13. The summed E-state index contributed by atoms with van der Waals surface area (Å²) < 4.78 is 5.68. The number of nitrogens with two attached hydrogens (primary N) is 1. The highest BCUT2D eigenvalue weighted by Gasteiger charge is 2.35. The van der Waals surface area contributed by atoms with Gasteiger partial charge in [-0.15, -0.1) is 0 Å². The molecule has 0 atom stereocenters. The van der Waals surface area contributed by atoms with Crippen LogP contribution in [0.4, 0.5) is 0 Å². The molecule has 35 heavy (non-hydrogen) atoms. The van der Waals surface area contributed by atoms with Gasteiger partial charge in [-0.2, -0.15) is 0 Å². The number of hydrogen-bond acceptors (Lipinski definition) is 6. The first kappa shape index (κ1) is 35.2. The first-order valence-corrected chi connectivity index (χ1v) is 13.8. The predicted octanol–water partition coefficient (Wildman–Crippen LogP) is 6.26. The van der Waals surface area contributed by atoms with Gasteiger partial charge in [-0.05, 0) is 63.8 Å². The summed E-state index contributed by atoms with van der Waals surface area (Å²) in [4.78, 5) is 4.50. The normalized spacial score (nSPS) is 15.9. The average Bonchev–Trinajstić information content (AvgIpc) is 2.88. The van der Waals surface area contributed by atoms with Crippen LogP contribution in [0.5, 0.6) is 0 Å². The molecule has 0 bridgehead atoms. The Bertz CT molecular complexity index is 643. The van der Waals surface area contributed by atoms with Gasteiger partial charge in [0.25, 0.3) is 0 Å². The number of nitrogens with one attached hydrogen (secondary N) is 1. The summed E-state index contributed by atoms with van der Waals surface area (Å²) in [5, 5.41) is 5.48. The van der Waals surface area contributed by atoms with Gasteiger partial charge in [-0.25, -0.2) is 5.84 Å². The van der Waals surface area contributed by atoms with E-state index in [2.05, 4.69) is 67.7 Å². The fourth-order valence-corrected chi connectivity index (χ4v) is 3.99. The van der Waals surface area contributed by atoms with Crippen LogP contribution in [0.3, 0.4) is 0 Å². The van der Waals surface area contributed by atoms with E-state index < -0.39 is 0 Å². The van der Waals surface area contributed by atoms with Gasteiger partial charge in [0, 0.05) is 38.4 Å². The molecule has 1 aliphatic rings. The molecule has 6 heteroatoms. The third kappa shape index (κ3) is 12.6. The Morgan fingerprint density at radius 2 is 1.66 bits per heavy atom. The Morgan fingerprint density at radius 3 is 2.09 bits per heavy atom. The van der Waals surface area contributed by atoms with Crippen LogP contribution in [0.1, 0.15) is 87.5 Å². The van der Waals surface area contributed by atoms with Crippen LogP contribution in [0.25, 0.3) is 0 Å². The maximum Gasteiger partial charge on any atom is 0.114 e. The van der Waals surface area contributed by atoms with E-state index in [1.54, 1.807) is 0 Å². The van der Waals surface area contributed by atoms with Crippen LogP contribution in [0.2, 0.25) is 0 Å². The van der Waals surface area contributed by atoms with Crippen molar-refractivity contribution in [2.24, 2.45) is 5.84 Å². The molecule has 3 N–H and O–H groups in total. The predicted molar refractivity (Wildman–Crippen MR) is 156 cm³/mol. The fourth-order valence-electron chi connectivity index (χ4n) is 3.99. The Morgan fingerprint density at radius 1 is 1.09 bits per heavy atom. The molecule has 0 unspecified atom stereocenters. The van der Waals surface area contributed by atoms with E-state index >= 15 is 0 Å². The zero-order valence-electron chi connectivity index (χ0n) is 25.1. The third-order valence-electron chi connectivity index (χ3n) is 6.05. The number of hydrazine groups is 1. The lowest BCUT2D eigenvalue weighted by atomic mass is 9.86. The van der Waals surface area contributed by atoms with Crippen molar-refractivity contribution in [3.63, 3.8) is 0 Å². The van der Waals surface area contributed by atoms with Crippen LogP contribution >= 0.6 is 0 Å². The monoisotopic (exact) mass is 493 g/mol. The van der Waals surface area contributed by atoms with Gasteiger partial charge in [0.2, 0.25) is 0 Å². The number of ether oxygens (including phenoxy) is 1. The lowest BCUT2D eigenvalue weighted by molar-refractivity contribution is 0.118. The minimum atomic E-state index is -0.00501. The molecule has 1 saturated heterocycles. The summed E-state index contributed by atoms with van der Waals surface area (Å²) in [6.45, 7) is 24.3. The number of likely N-dealkylation sites (N-methyl/N-ethyl adjacent to an activating group) is 1. The van der Waals surface area contributed by atoms with Crippen molar-refractivity contribution < 1.29 is 4.74 Å². The molecule has 0 aromatic heterocycles. The van der Waals surface area contributed by atoms with Gasteiger partial charge in [-0.3, -0.25) is 5.01 Å². The molecular weight excluding hydrogens is 434 g/mol. The van der Waals surface area contributed by atoms with Crippen LogP contribution in [0.15, 0.2) is 47.7 Å². The van der Waals surface area contributed by atoms with Crippen molar-refractivity contribution in [3.05, 3.63) is 47.7 Å². The van der Waals surface area contributed by atoms with Crippen LogP contribution in [-0.4, -0.2) is 67.7 Å². The molecule has 0 spiro atoms. The first-order valence-electron chi connectivity index (χ1n) is 13.8. The zero-order chi connectivity index (χ0) is 27.4. The Kier molecular flexibility index (Phi) is 20.4. The molecular formula is C29H59N5O. The quantitative estimate of drug-likeness (QED) is 0.137. The molecule has 0 aliphatic carbocycles. The maximum atomic E-state index is 6.49. The number of allylic oxidation sites excluding steroid dienone is 5. The van der Waals surface area contributed by atoms with E-state index in [4.69, 9.17) is 10.6 Å². The Balaban J connectivity index is 0. The van der Waals surface area contributed by atoms with E-state index in [1.807, 2.05) is 53.7 Å². The smallest absolute Gasteiger partial charge is 0.114 e. The maximum absolute atomic E-state index is 6.49. The number of likely N-dealkylation sites (tertiary alicyclic amines) is 1. The van der Waals surface area contributed by atoms with Crippen LogP contribution in [-0.2, 0) is 4.74 Å². The second kappa shape index (κ2) is 20.3. The number of nitrogens with zero attached hydrogens (tertiary/aromatic N) is 3. The second-order valence-corrected chi connectivity index (χ2v) is 8.63. The molecule has 0 aromatic carbocycles. The number of piperidine rings is 1. The minimum absolute atomic E-state index is 0.00501. The van der Waals surface area contributed by atoms with E-state index in [9.17, 15) is 0 Å². The van der Waals surface area contributed by atoms with E-state index in [0.29, 0.717) is 0 Å². The van der Waals surface area contributed by atoms with E-state index in [1.165, 1.54) is 5.57 Å². The van der Waals surface area contributed by atoms with Gasteiger partial charge in [-0.1, -0.05) is 61.1 Å². The summed E-state index contributed by atoms with van der Waals surface area (Å²) in [6, 6.07) is 0. The van der Waals surface area contributed by atoms with Crippen molar-refractivity contribution in [1.82, 2.24) is 20.1 Å². The van der Waals surface area contributed by atoms with Crippen LogP contribution in [0, 0.1) is 0 Å². The molecule has 6 nitrogen and oxygen atoms in total. The van der Waals surface area contributed by atoms with E-state index in [0.717, 1.165) is 75.6 Å². The summed E-state index contributed by atoms with van der Waals surface area (Å²) >= 11 is 0. The number of hydrogen-bond donors (Lipinski definition) is 2. The standard InChI is InChI=1S/C25H47N5O.2C2H6/c1-9-12-24(28(7)8)30(26)20-25(27-6)15-17-29(18-16-25)22(5)23(11-3)14-13-21(4)31-19-10-2;2*1-2/h12-14,27H,5,9-11,15-20,26H2,1-4,6-8H3;2*1-2H3/b21-13+,23-14+,24-12-;;. The molecule has 0 saturated carbocycles. The Labute approximate surface area is 218 Å². The van der Waals surface area contributed by atoms with Gasteiger partial charge in [0.1, 0.15) is 5.82 Å². The van der Waals surface area contributed by atoms with Gasteiger partial charge < -0.3 is 19.9 Å². The van der Waals surface area contributed by atoms with Gasteiger partial charge >= 0.3 is 0 Å². The second-order valence-electron chi connectivity index (χ2n) is 8.63. The molecule has 1 fully saturated rings. The summed E-state index contributed by atoms with van der Waals surface area (Å²) in [7, 11) is 6.14. The molecule has 0 radical (unpaired) electrons. The topological polar surface area (TPSA) is 57.0 Å². The molecule has 1 rings (SSSR count). The first-order chi connectivity index (χ1) is 16.7. The van der Waals surface area contributed by atoms with Crippen molar-refractivity contribution in [2.45, 2.75) is 93.0 Å². The minimum Gasteiger partial charge on any atom is -0.498 e. The van der Waals surface area contributed by atoms with Crippen molar-refractivity contribution >= 4 is 0 Å². The van der Waals surface area contributed by atoms with Crippen LogP contribution < -0.4 is 11.2 Å². The van der Waals surface area contributed by atoms with Crippen molar-refractivity contribution in [1.29, 1.82) is 0 Å². The third-order valence-corrected chi connectivity index (χ3v) is 6.05. The summed E-state index contributed by atoms with van der Waals surface area (Å²) in [5.41, 5.74) is 2.38. The van der Waals surface area contributed by atoms with E-state index in [-0.39, 0.29) is 5.54 Å². The highest BCUT2D eigenvalue weighted by atomic mass is 16.5. The highest BCUT2D eigenvalue weighted by Crippen LogP contribution is 2.28. The molecule has 0 amide bonds. The Hall–Kier alpha value is -1.92. The average molecular weight is 494 g/mol. The fraction of sp³-hybridized carbons (Fsp3) is 0.724. The molecule has 206 valence electrons.